The predicted octanol–water partition coefficient (Wildman–Crippen LogP) is 4.02. The molecule has 2 heterocycles. The summed E-state index contributed by atoms with van der Waals surface area (Å²) in [5.41, 5.74) is 2.74. The Morgan fingerprint density at radius 2 is 2.00 bits per heavy atom. The van der Waals surface area contributed by atoms with E-state index in [1.165, 1.54) is 0 Å². The maximum Gasteiger partial charge on any atom is 0.254 e. The van der Waals surface area contributed by atoms with Gasteiger partial charge in [-0.2, -0.15) is 0 Å². The lowest BCUT2D eigenvalue weighted by Crippen LogP contribution is -2.31. The van der Waals surface area contributed by atoms with Crippen molar-refractivity contribution in [2.24, 2.45) is 0 Å². The molecule has 1 aliphatic rings. The van der Waals surface area contributed by atoms with Crippen LogP contribution in [0.5, 0.6) is 0 Å². The van der Waals surface area contributed by atoms with E-state index in [0.29, 0.717) is 5.15 Å². The van der Waals surface area contributed by atoms with E-state index in [-0.39, 0.29) is 11.9 Å². The van der Waals surface area contributed by atoms with Crippen molar-refractivity contribution in [2.75, 3.05) is 6.54 Å². The zero-order valence-electron chi connectivity index (χ0n) is 11.9. The number of benzene rings is 1. The van der Waals surface area contributed by atoms with Crippen molar-refractivity contribution in [3.8, 4) is 0 Å². The van der Waals surface area contributed by atoms with Gasteiger partial charge in [-0.3, -0.25) is 4.79 Å². The molecule has 3 rings (SSSR count). The summed E-state index contributed by atoms with van der Waals surface area (Å²) in [4.78, 5) is 19.0. The molecule has 1 fully saturated rings. The third-order valence-corrected chi connectivity index (χ3v) is 4.20. The number of carbonyl (C=O) groups excluding carboxylic acids is 1. The first kappa shape index (κ1) is 14.1. The van der Waals surface area contributed by atoms with Gasteiger partial charge in [0.2, 0.25) is 0 Å². The molecule has 0 unspecified atom stereocenters. The summed E-state index contributed by atoms with van der Waals surface area (Å²) in [5, 5.41) is 0.496. The first-order chi connectivity index (χ1) is 10.2. The van der Waals surface area contributed by atoms with Crippen molar-refractivity contribution in [3.63, 3.8) is 0 Å². The monoisotopic (exact) mass is 300 g/mol. The van der Waals surface area contributed by atoms with E-state index in [0.717, 1.165) is 36.2 Å². The van der Waals surface area contributed by atoms with Gasteiger partial charge in [0.25, 0.3) is 5.91 Å². The van der Waals surface area contributed by atoms with Gasteiger partial charge in [0.05, 0.1) is 6.04 Å². The van der Waals surface area contributed by atoms with Crippen molar-refractivity contribution in [3.05, 3.63) is 64.4 Å². The fourth-order valence-corrected chi connectivity index (χ4v) is 3.16. The molecule has 3 nitrogen and oxygen atoms in total. The summed E-state index contributed by atoms with van der Waals surface area (Å²) in [7, 11) is 0. The van der Waals surface area contributed by atoms with E-state index in [9.17, 15) is 4.79 Å². The summed E-state index contributed by atoms with van der Waals surface area (Å²) in [6.45, 7) is 2.74. The van der Waals surface area contributed by atoms with Crippen LogP contribution in [0.15, 0.2) is 42.5 Å². The Bertz CT molecular complexity index is 657. The Balaban J connectivity index is 1.91. The van der Waals surface area contributed by atoms with Crippen molar-refractivity contribution < 1.29 is 4.79 Å². The largest absolute Gasteiger partial charge is 0.332 e. The lowest BCUT2D eigenvalue weighted by molar-refractivity contribution is 0.0735. The molecule has 1 aromatic heterocycles. The van der Waals surface area contributed by atoms with Crippen molar-refractivity contribution in [2.45, 2.75) is 25.8 Å². The lowest BCUT2D eigenvalue weighted by Gasteiger charge is -2.26. The van der Waals surface area contributed by atoms with Crippen LogP contribution in [0, 0.1) is 6.92 Å². The molecule has 0 saturated carbocycles. The number of likely N-dealkylation sites (tertiary alicyclic amines) is 1. The molecule has 1 aromatic carbocycles. The Labute approximate surface area is 129 Å². The number of pyridine rings is 1. The topological polar surface area (TPSA) is 33.2 Å². The quantitative estimate of drug-likeness (QED) is 0.785. The van der Waals surface area contributed by atoms with Gasteiger partial charge in [0.15, 0.2) is 0 Å². The standard InChI is InChI=1S/C17H17ClN2O/c1-12-14(9-10-16(18)19-12)15-8-5-11-20(15)17(21)13-6-3-2-4-7-13/h2-4,6-7,9-10,15H,5,8,11H2,1H3/t15-/m1/s1. The molecule has 1 atom stereocenters. The predicted molar refractivity (Wildman–Crippen MR) is 83.4 cm³/mol. The van der Waals surface area contributed by atoms with Gasteiger partial charge < -0.3 is 4.90 Å². The van der Waals surface area contributed by atoms with Crippen LogP contribution in [0.2, 0.25) is 5.15 Å². The van der Waals surface area contributed by atoms with Crippen molar-refractivity contribution in [1.82, 2.24) is 9.88 Å². The first-order valence-corrected chi connectivity index (χ1v) is 7.53. The number of carbonyl (C=O) groups is 1. The number of hydrogen-bond donors (Lipinski definition) is 0. The Kier molecular flexibility index (Phi) is 3.93. The molecule has 0 aliphatic carbocycles. The molecule has 0 spiro atoms. The van der Waals surface area contributed by atoms with E-state index in [1.807, 2.05) is 48.2 Å². The minimum atomic E-state index is 0.0902. The van der Waals surface area contributed by atoms with Crippen LogP contribution in [0.3, 0.4) is 0 Å². The number of amides is 1. The Morgan fingerprint density at radius 3 is 2.71 bits per heavy atom. The number of aryl methyl sites for hydroxylation is 1. The minimum Gasteiger partial charge on any atom is -0.332 e. The molecule has 108 valence electrons. The van der Waals surface area contributed by atoms with Crippen LogP contribution < -0.4 is 0 Å². The summed E-state index contributed by atoms with van der Waals surface area (Å²) in [6, 6.07) is 13.3. The fourth-order valence-electron chi connectivity index (χ4n) is 2.97. The maximum atomic E-state index is 12.7. The summed E-state index contributed by atoms with van der Waals surface area (Å²) >= 11 is 5.93. The molecular formula is C17H17ClN2O. The smallest absolute Gasteiger partial charge is 0.254 e. The molecule has 1 saturated heterocycles. The summed E-state index contributed by atoms with van der Waals surface area (Å²) in [5.74, 6) is 0.0902. The molecule has 0 bridgehead atoms. The maximum absolute atomic E-state index is 12.7. The number of halogens is 1. The lowest BCUT2D eigenvalue weighted by atomic mass is 10.0. The van der Waals surface area contributed by atoms with Gasteiger partial charge in [-0.1, -0.05) is 35.9 Å². The van der Waals surface area contributed by atoms with Crippen LogP contribution >= 0.6 is 11.6 Å². The molecule has 0 radical (unpaired) electrons. The van der Waals surface area contributed by atoms with Crippen molar-refractivity contribution in [1.29, 1.82) is 0 Å². The second-order valence-corrected chi connectivity index (χ2v) is 5.72. The van der Waals surface area contributed by atoms with Crippen LogP contribution in [0.25, 0.3) is 0 Å². The number of hydrogen-bond acceptors (Lipinski definition) is 2. The second-order valence-electron chi connectivity index (χ2n) is 5.33. The van der Waals surface area contributed by atoms with E-state index in [1.54, 1.807) is 6.07 Å². The SMILES string of the molecule is Cc1nc(Cl)ccc1[C@H]1CCCN1C(=O)c1ccccc1. The van der Waals surface area contributed by atoms with Gasteiger partial charge in [-0.05, 0) is 43.5 Å². The fraction of sp³-hybridized carbons (Fsp3) is 0.294. The summed E-state index contributed by atoms with van der Waals surface area (Å²) in [6.07, 6.45) is 1.99. The zero-order chi connectivity index (χ0) is 14.8. The van der Waals surface area contributed by atoms with E-state index >= 15 is 0 Å². The molecule has 1 aliphatic heterocycles. The normalized spacial score (nSPS) is 18.0. The van der Waals surface area contributed by atoms with Crippen LogP contribution in [-0.4, -0.2) is 22.3 Å². The number of aromatic nitrogens is 1. The highest BCUT2D eigenvalue weighted by Crippen LogP contribution is 2.34. The van der Waals surface area contributed by atoms with Crippen LogP contribution in [-0.2, 0) is 0 Å². The van der Waals surface area contributed by atoms with E-state index in [2.05, 4.69) is 4.98 Å². The average Bonchev–Trinajstić information content (AvgIpc) is 2.96. The summed E-state index contributed by atoms with van der Waals surface area (Å²) < 4.78 is 0. The second kappa shape index (κ2) is 5.86. The zero-order valence-corrected chi connectivity index (χ0v) is 12.7. The van der Waals surface area contributed by atoms with Gasteiger partial charge in [-0.25, -0.2) is 4.98 Å². The molecule has 0 N–H and O–H groups in total. The minimum absolute atomic E-state index is 0.0902. The van der Waals surface area contributed by atoms with Gasteiger partial charge in [0, 0.05) is 17.8 Å². The third-order valence-electron chi connectivity index (χ3n) is 3.99. The Morgan fingerprint density at radius 1 is 1.24 bits per heavy atom. The van der Waals surface area contributed by atoms with Gasteiger partial charge >= 0.3 is 0 Å². The van der Waals surface area contributed by atoms with Crippen LogP contribution in [0.1, 0.15) is 40.5 Å². The Hall–Kier alpha value is -1.87. The molecular weight excluding hydrogens is 284 g/mol. The number of rotatable bonds is 2. The highest BCUT2D eigenvalue weighted by molar-refractivity contribution is 6.29. The molecule has 21 heavy (non-hydrogen) atoms. The highest BCUT2D eigenvalue weighted by atomic mass is 35.5. The third kappa shape index (κ3) is 2.79. The first-order valence-electron chi connectivity index (χ1n) is 7.16. The van der Waals surface area contributed by atoms with Crippen LogP contribution in [0.4, 0.5) is 0 Å². The molecule has 1 amide bonds. The molecule has 4 heteroatoms. The number of nitrogens with zero attached hydrogens (tertiary/aromatic N) is 2. The van der Waals surface area contributed by atoms with Crippen molar-refractivity contribution >= 4 is 17.5 Å². The van der Waals surface area contributed by atoms with E-state index < -0.39 is 0 Å². The molecule has 2 aromatic rings. The average molecular weight is 301 g/mol. The highest BCUT2D eigenvalue weighted by Gasteiger charge is 2.31. The van der Waals surface area contributed by atoms with Gasteiger partial charge in [-0.15, -0.1) is 0 Å². The van der Waals surface area contributed by atoms with Gasteiger partial charge in [0.1, 0.15) is 5.15 Å². The van der Waals surface area contributed by atoms with E-state index in [4.69, 9.17) is 11.6 Å².